The number of ether oxygens (including phenoxy) is 2. The Labute approximate surface area is 168 Å². The summed E-state index contributed by atoms with van der Waals surface area (Å²) in [6, 6.07) is 11.9. The molecule has 0 unspecified atom stereocenters. The van der Waals surface area contributed by atoms with Crippen LogP contribution in [0.25, 0.3) is 0 Å². The van der Waals surface area contributed by atoms with Crippen LogP contribution in [0.5, 0.6) is 11.5 Å². The van der Waals surface area contributed by atoms with Crippen LogP contribution in [0.2, 0.25) is 0 Å². The highest BCUT2D eigenvalue weighted by Gasteiger charge is 2.08. The number of nitro benzene ring substituents is 1. The molecule has 8 nitrogen and oxygen atoms in total. The van der Waals surface area contributed by atoms with Gasteiger partial charge in [0, 0.05) is 37.5 Å². The van der Waals surface area contributed by atoms with E-state index in [1.54, 1.807) is 39.5 Å². The molecule has 0 atom stereocenters. The summed E-state index contributed by atoms with van der Waals surface area (Å²) in [6.45, 7) is 0.397. The van der Waals surface area contributed by atoms with Crippen molar-refractivity contribution in [2.24, 2.45) is 4.99 Å². The molecule has 2 aromatic carbocycles. The van der Waals surface area contributed by atoms with Gasteiger partial charge < -0.3 is 20.1 Å². The number of nitrogens with one attached hydrogen (secondary N) is 2. The molecule has 2 N–H and O–H groups in total. The molecule has 0 heterocycles. The first kappa shape index (κ1) is 21.5. The zero-order valence-corrected chi connectivity index (χ0v) is 17.0. The molecule has 0 radical (unpaired) electrons. The lowest BCUT2D eigenvalue weighted by atomic mass is 10.2. The monoisotopic (exact) mass is 472 g/mol. The van der Waals surface area contributed by atoms with E-state index in [9.17, 15) is 10.1 Å². The minimum absolute atomic E-state index is 0. The van der Waals surface area contributed by atoms with Crippen LogP contribution in [0, 0.1) is 10.1 Å². The van der Waals surface area contributed by atoms with Gasteiger partial charge in [0.25, 0.3) is 5.69 Å². The second-order valence-corrected chi connectivity index (χ2v) is 5.05. The third kappa shape index (κ3) is 5.76. The molecule has 0 saturated heterocycles. The van der Waals surface area contributed by atoms with Gasteiger partial charge in [-0.1, -0.05) is 12.1 Å². The molecule has 0 spiro atoms. The van der Waals surface area contributed by atoms with Crippen LogP contribution >= 0.6 is 24.0 Å². The van der Waals surface area contributed by atoms with E-state index in [-0.39, 0.29) is 29.7 Å². The van der Waals surface area contributed by atoms with Crippen LogP contribution < -0.4 is 20.1 Å². The predicted molar refractivity (Wildman–Crippen MR) is 112 cm³/mol. The van der Waals surface area contributed by atoms with Crippen molar-refractivity contribution in [3.05, 3.63) is 58.1 Å². The number of nitrogens with zero attached hydrogens (tertiary/aromatic N) is 2. The van der Waals surface area contributed by atoms with Gasteiger partial charge in [-0.3, -0.25) is 15.1 Å². The fourth-order valence-electron chi connectivity index (χ4n) is 2.20. The number of benzene rings is 2. The number of nitro groups is 1. The van der Waals surface area contributed by atoms with Crippen molar-refractivity contribution < 1.29 is 14.4 Å². The first-order valence-corrected chi connectivity index (χ1v) is 7.50. The molecular formula is C17H21IN4O4. The van der Waals surface area contributed by atoms with Gasteiger partial charge in [0.05, 0.1) is 19.1 Å². The number of hydrogen-bond donors (Lipinski definition) is 2. The number of hydrogen-bond acceptors (Lipinski definition) is 5. The van der Waals surface area contributed by atoms with Crippen molar-refractivity contribution in [3.63, 3.8) is 0 Å². The molecule has 26 heavy (non-hydrogen) atoms. The Kier molecular flexibility index (Phi) is 8.62. The Hall–Kier alpha value is -2.56. The lowest BCUT2D eigenvalue weighted by Crippen LogP contribution is -2.30. The van der Waals surface area contributed by atoms with E-state index in [0.29, 0.717) is 24.0 Å². The quantitative estimate of drug-likeness (QED) is 0.220. The maximum atomic E-state index is 10.8. The zero-order chi connectivity index (χ0) is 18.2. The maximum Gasteiger partial charge on any atom is 0.269 e. The summed E-state index contributed by atoms with van der Waals surface area (Å²) in [7, 11) is 4.78. The van der Waals surface area contributed by atoms with Crippen molar-refractivity contribution in [2.75, 3.05) is 26.6 Å². The smallest absolute Gasteiger partial charge is 0.269 e. The fourth-order valence-corrected chi connectivity index (χ4v) is 2.20. The average molecular weight is 472 g/mol. The summed E-state index contributed by atoms with van der Waals surface area (Å²) in [6.07, 6.45) is 0. The molecule has 0 saturated carbocycles. The first-order valence-electron chi connectivity index (χ1n) is 7.50. The van der Waals surface area contributed by atoms with E-state index in [2.05, 4.69) is 15.6 Å². The number of rotatable bonds is 6. The van der Waals surface area contributed by atoms with Gasteiger partial charge in [-0.15, -0.1) is 24.0 Å². The van der Waals surface area contributed by atoms with E-state index < -0.39 is 4.92 Å². The normalized spacial score (nSPS) is 10.5. The van der Waals surface area contributed by atoms with Gasteiger partial charge in [-0.05, 0) is 17.7 Å². The van der Waals surface area contributed by atoms with E-state index in [0.717, 1.165) is 11.3 Å². The van der Waals surface area contributed by atoms with Crippen molar-refractivity contribution in [1.82, 2.24) is 5.32 Å². The molecule has 0 aliphatic carbocycles. The lowest BCUT2D eigenvalue weighted by molar-refractivity contribution is -0.384. The van der Waals surface area contributed by atoms with Crippen LogP contribution in [0.15, 0.2) is 47.5 Å². The number of methoxy groups -OCH3 is 2. The third-order valence-corrected chi connectivity index (χ3v) is 3.45. The highest BCUT2D eigenvalue weighted by Crippen LogP contribution is 2.29. The molecule has 0 bridgehead atoms. The minimum atomic E-state index is -0.416. The van der Waals surface area contributed by atoms with Crippen LogP contribution in [0.1, 0.15) is 5.56 Å². The molecule has 140 valence electrons. The van der Waals surface area contributed by atoms with Gasteiger partial charge in [0.15, 0.2) is 17.5 Å². The number of non-ortho nitro benzene ring substituents is 1. The van der Waals surface area contributed by atoms with Crippen LogP contribution in [0.4, 0.5) is 11.4 Å². The van der Waals surface area contributed by atoms with Crippen molar-refractivity contribution in [1.29, 1.82) is 0 Å². The molecule has 0 fully saturated rings. The molecule has 2 aromatic rings. The number of aliphatic imine (C=N–C) groups is 1. The van der Waals surface area contributed by atoms with Gasteiger partial charge in [-0.2, -0.15) is 0 Å². The van der Waals surface area contributed by atoms with Crippen molar-refractivity contribution in [2.45, 2.75) is 6.54 Å². The second kappa shape index (κ2) is 10.4. The van der Waals surface area contributed by atoms with Gasteiger partial charge >= 0.3 is 0 Å². The topological polar surface area (TPSA) is 98.0 Å². The van der Waals surface area contributed by atoms with E-state index in [1.165, 1.54) is 12.1 Å². The van der Waals surface area contributed by atoms with E-state index >= 15 is 0 Å². The molecule has 0 aromatic heterocycles. The number of anilines is 1. The molecular weight excluding hydrogens is 451 g/mol. The largest absolute Gasteiger partial charge is 0.493 e. The maximum absolute atomic E-state index is 10.8. The van der Waals surface area contributed by atoms with Crippen molar-refractivity contribution >= 4 is 41.3 Å². The molecule has 9 heteroatoms. The number of guanidine groups is 1. The second-order valence-electron chi connectivity index (χ2n) is 5.05. The SMILES string of the molecule is CN=C(NCc1cccc([N+](=O)[O-])c1)Nc1ccc(OC)c(OC)c1.I. The van der Waals surface area contributed by atoms with Crippen LogP contribution in [-0.2, 0) is 6.54 Å². The molecule has 0 aliphatic rings. The minimum Gasteiger partial charge on any atom is -0.493 e. The summed E-state index contributed by atoms with van der Waals surface area (Å²) in [4.78, 5) is 14.6. The molecule has 0 amide bonds. The Bertz CT molecular complexity index is 783. The summed E-state index contributed by atoms with van der Waals surface area (Å²) in [5.74, 6) is 1.76. The Morgan fingerprint density at radius 3 is 2.50 bits per heavy atom. The lowest BCUT2D eigenvalue weighted by Gasteiger charge is -2.14. The Morgan fingerprint density at radius 1 is 1.15 bits per heavy atom. The summed E-state index contributed by atoms with van der Waals surface area (Å²) in [5.41, 5.74) is 1.61. The fraction of sp³-hybridized carbons (Fsp3) is 0.235. The highest BCUT2D eigenvalue weighted by molar-refractivity contribution is 14.0. The summed E-state index contributed by atoms with van der Waals surface area (Å²) >= 11 is 0. The predicted octanol–water partition coefficient (Wildman–Crippen LogP) is 3.42. The standard InChI is InChI=1S/C17H20N4O4.HI/c1-18-17(19-11-12-5-4-6-14(9-12)21(22)23)20-13-7-8-15(24-2)16(10-13)25-3;/h4-10H,11H2,1-3H3,(H2,18,19,20);1H. The third-order valence-electron chi connectivity index (χ3n) is 3.45. The van der Waals surface area contributed by atoms with Gasteiger partial charge in [-0.25, -0.2) is 0 Å². The zero-order valence-electron chi connectivity index (χ0n) is 14.7. The van der Waals surface area contributed by atoms with Crippen LogP contribution in [0.3, 0.4) is 0 Å². The van der Waals surface area contributed by atoms with E-state index in [1.807, 2.05) is 12.1 Å². The van der Waals surface area contributed by atoms with Crippen molar-refractivity contribution in [3.8, 4) is 11.5 Å². The number of halogens is 1. The average Bonchev–Trinajstić information content (AvgIpc) is 2.65. The van der Waals surface area contributed by atoms with Gasteiger partial charge in [0.2, 0.25) is 0 Å². The molecule has 2 rings (SSSR count). The van der Waals surface area contributed by atoms with E-state index in [4.69, 9.17) is 9.47 Å². The highest BCUT2D eigenvalue weighted by atomic mass is 127. The summed E-state index contributed by atoms with van der Waals surface area (Å²) in [5, 5.41) is 17.1. The first-order chi connectivity index (χ1) is 12.1. The summed E-state index contributed by atoms with van der Waals surface area (Å²) < 4.78 is 10.5. The van der Waals surface area contributed by atoms with Crippen LogP contribution in [-0.4, -0.2) is 32.2 Å². The Morgan fingerprint density at radius 2 is 1.88 bits per heavy atom. The molecule has 0 aliphatic heterocycles. The Balaban J connectivity index is 0.00000338. The van der Waals surface area contributed by atoms with Gasteiger partial charge in [0.1, 0.15) is 0 Å².